The first-order valence-corrected chi connectivity index (χ1v) is 7.57. The van der Waals surface area contributed by atoms with Crippen molar-refractivity contribution in [2.45, 2.75) is 33.2 Å². The SMILES string of the molecule is CCc1nc(NCc2ccco2)c2c(C)c(CCN)[nH]c2n1. The Morgan fingerprint density at radius 2 is 2.23 bits per heavy atom. The molecule has 3 heterocycles. The largest absolute Gasteiger partial charge is 0.467 e. The quantitative estimate of drug-likeness (QED) is 0.650. The van der Waals surface area contributed by atoms with E-state index < -0.39 is 0 Å². The van der Waals surface area contributed by atoms with Crippen molar-refractivity contribution in [2.75, 3.05) is 11.9 Å². The first-order valence-electron chi connectivity index (χ1n) is 7.57. The van der Waals surface area contributed by atoms with Crippen molar-refractivity contribution in [2.24, 2.45) is 5.73 Å². The van der Waals surface area contributed by atoms with Crippen molar-refractivity contribution in [3.8, 4) is 0 Å². The van der Waals surface area contributed by atoms with Gasteiger partial charge in [-0.3, -0.25) is 0 Å². The number of nitrogens with one attached hydrogen (secondary N) is 2. The Morgan fingerprint density at radius 3 is 2.91 bits per heavy atom. The van der Waals surface area contributed by atoms with Gasteiger partial charge in [-0.05, 0) is 31.2 Å². The van der Waals surface area contributed by atoms with Crippen LogP contribution in [0.25, 0.3) is 11.0 Å². The summed E-state index contributed by atoms with van der Waals surface area (Å²) in [7, 11) is 0. The minimum absolute atomic E-state index is 0.596. The number of rotatable bonds is 6. The van der Waals surface area contributed by atoms with Crippen LogP contribution in [-0.4, -0.2) is 21.5 Å². The fourth-order valence-electron chi connectivity index (χ4n) is 2.60. The van der Waals surface area contributed by atoms with Gasteiger partial charge in [-0.2, -0.15) is 0 Å². The van der Waals surface area contributed by atoms with Crippen molar-refractivity contribution in [1.29, 1.82) is 0 Å². The number of nitrogens with zero attached hydrogens (tertiary/aromatic N) is 2. The number of anilines is 1. The van der Waals surface area contributed by atoms with E-state index in [0.717, 1.165) is 52.5 Å². The Kier molecular flexibility index (Phi) is 4.11. The third-order valence-corrected chi connectivity index (χ3v) is 3.77. The van der Waals surface area contributed by atoms with Gasteiger partial charge in [0.2, 0.25) is 0 Å². The molecule has 0 aliphatic heterocycles. The molecule has 0 saturated heterocycles. The lowest BCUT2D eigenvalue weighted by molar-refractivity contribution is 0.518. The summed E-state index contributed by atoms with van der Waals surface area (Å²) in [6, 6.07) is 3.82. The highest BCUT2D eigenvalue weighted by molar-refractivity contribution is 5.91. The highest BCUT2D eigenvalue weighted by atomic mass is 16.3. The first-order chi connectivity index (χ1) is 10.7. The lowest BCUT2D eigenvalue weighted by Crippen LogP contribution is -2.05. The van der Waals surface area contributed by atoms with E-state index in [9.17, 15) is 0 Å². The third kappa shape index (κ3) is 2.69. The summed E-state index contributed by atoms with van der Waals surface area (Å²) in [5.41, 5.74) is 8.84. The van der Waals surface area contributed by atoms with Crippen LogP contribution >= 0.6 is 0 Å². The molecule has 0 fully saturated rings. The summed E-state index contributed by atoms with van der Waals surface area (Å²) in [4.78, 5) is 12.6. The van der Waals surface area contributed by atoms with Gasteiger partial charge in [-0.25, -0.2) is 9.97 Å². The van der Waals surface area contributed by atoms with Crippen LogP contribution in [0.5, 0.6) is 0 Å². The Hall–Kier alpha value is -2.34. The van der Waals surface area contributed by atoms with E-state index in [0.29, 0.717) is 13.1 Å². The van der Waals surface area contributed by atoms with Crippen LogP contribution in [0.1, 0.15) is 29.8 Å². The molecule has 0 aromatic carbocycles. The van der Waals surface area contributed by atoms with Crippen LogP contribution < -0.4 is 11.1 Å². The molecule has 0 unspecified atom stereocenters. The molecule has 0 saturated carbocycles. The van der Waals surface area contributed by atoms with Gasteiger partial charge in [0.25, 0.3) is 0 Å². The van der Waals surface area contributed by atoms with Gasteiger partial charge in [-0.1, -0.05) is 6.92 Å². The van der Waals surface area contributed by atoms with Gasteiger partial charge in [0.1, 0.15) is 23.0 Å². The number of aromatic nitrogens is 3. The molecule has 0 aliphatic rings. The number of hydrogen-bond donors (Lipinski definition) is 3. The summed E-state index contributed by atoms with van der Waals surface area (Å²) in [6.07, 6.45) is 3.27. The summed E-state index contributed by atoms with van der Waals surface area (Å²) in [5, 5.41) is 4.40. The molecule has 116 valence electrons. The average Bonchev–Trinajstić information content (AvgIpc) is 3.14. The normalized spacial score (nSPS) is 11.2. The number of furan rings is 1. The molecule has 0 bridgehead atoms. The van der Waals surface area contributed by atoms with E-state index in [2.05, 4.69) is 27.2 Å². The number of aromatic amines is 1. The van der Waals surface area contributed by atoms with E-state index in [-0.39, 0.29) is 0 Å². The molecule has 0 spiro atoms. The van der Waals surface area contributed by atoms with Crippen LogP contribution in [0.3, 0.4) is 0 Å². The first kappa shape index (κ1) is 14.6. The maximum Gasteiger partial charge on any atom is 0.143 e. The zero-order valence-corrected chi connectivity index (χ0v) is 12.9. The molecule has 3 rings (SSSR count). The van der Waals surface area contributed by atoms with Crippen molar-refractivity contribution >= 4 is 16.9 Å². The fourth-order valence-corrected chi connectivity index (χ4v) is 2.60. The van der Waals surface area contributed by atoms with E-state index in [1.807, 2.05) is 19.1 Å². The minimum Gasteiger partial charge on any atom is -0.467 e. The Morgan fingerprint density at radius 1 is 1.36 bits per heavy atom. The second-order valence-electron chi connectivity index (χ2n) is 5.27. The van der Waals surface area contributed by atoms with Crippen molar-refractivity contribution in [3.05, 3.63) is 41.2 Å². The summed E-state index contributed by atoms with van der Waals surface area (Å²) in [5.74, 6) is 2.53. The third-order valence-electron chi connectivity index (χ3n) is 3.77. The Balaban J connectivity index is 2.01. The monoisotopic (exact) mass is 299 g/mol. The van der Waals surface area contributed by atoms with Crippen LogP contribution in [0.2, 0.25) is 0 Å². The molecule has 4 N–H and O–H groups in total. The standard InChI is InChI=1S/C16H21N5O/c1-3-13-20-15(18-9-11-5-4-8-22-11)14-10(2)12(6-7-17)19-16(14)21-13/h4-5,8H,3,6-7,9,17H2,1-2H3,(H2,18,19,20,21). The fraction of sp³-hybridized carbons (Fsp3) is 0.375. The highest BCUT2D eigenvalue weighted by Gasteiger charge is 2.15. The lowest BCUT2D eigenvalue weighted by Gasteiger charge is -2.08. The van der Waals surface area contributed by atoms with Gasteiger partial charge in [0.15, 0.2) is 0 Å². The molecule has 6 heteroatoms. The van der Waals surface area contributed by atoms with Crippen molar-refractivity contribution < 1.29 is 4.42 Å². The smallest absolute Gasteiger partial charge is 0.143 e. The Labute approximate surface area is 129 Å². The molecule has 3 aromatic heterocycles. The molecule has 6 nitrogen and oxygen atoms in total. The van der Waals surface area contributed by atoms with Gasteiger partial charge in [0.05, 0.1) is 18.2 Å². The van der Waals surface area contributed by atoms with E-state index in [1.54, 1.807) is 6.26 Å². The average molecular weight is 299 g/mol. The number of H-pyrrole nitrogens is 1. The molecule has 22 heavy (non-hydrogen) atoms. The van der Waals surface area contributed by atoms with E-state index in [1.165, 1.54) is 0 Å². The molecular formula is C16H21N5O. The zero-order chi connectivity index (χ0) is 15.5. The molecule has 0 atom stereocenters. The van der Waals surface area contributed by atoms with Crippen LogP contribution in [0.4, 0.5) is 5.82 Å². The molecule has 3 aromatic rings. The number of hydrogen-bond acceptors (Lipinski definition) is 5. The van der Waals surface area contributed by atoms with E-state index >= 15 is 0 Å². The lowest BCUT2D eigenvalue weighted by atomic mass is 10.1. The molecule has 0 amide bonds. The number of aryl methyl sites for hydroxylation is 2. The second kappa shape index (κ2) is 6.19. The van der Waals surface area contributed by atoms with Gasteiger partial charge < -0.3 is 20.5 Å². The van der Waals surface area contributed by atoms with Gasteiger partial charge in [-0.15, -0.1) is 0 Å². The highest BCUT2D eigenvalue weighted by Crippen LogP contribution is 2.27. The maximum absolute atomic E-state index is 5.68. The van der Waals surface area contributed by atoms with Crippen LogP contribution in [-0.2, 0) is 19.4 Å². The van der Waals surface area contributed by atoms with Crippen LogP contribution in [0, 0.1) is 6.92 Å². The van der Waals surface area contributed by atoms with E-state index in [4.69, 9.17) is 10.2 Å². The summed E-state index contributed by atoms with van der Waals surface area (Å²) >= 11 is 0. The van der Waals surface area contributed by atoms with Crippen LogP contribution in [0.15, 0.2) is 22.8 Å². The molecule has 0 radical (unpaired) electrons. The summed E-state index contributed by atoms with van der Waals surface area (Å²) < 4.78 is 5.37. The van der Waals surface area contributed by atoms with Gasteiger partial charge in [0, 0.05) is 18.5 Å². The predicted molar refractivity (Wildman–Crippen MR) is 86.8 cm³/mol. The predicted octanol–water partition coefficient (Wildman–Crippen LogP) is 2.54. The minimum atomic E-state index is 0.596. The zero-order valence-electron chi connectivity index (χ0n) is 12.9. The number of nitrogens with two attached hydrogens (primary N) is 1. The molecule has 0 aliphatic carbocycles. The van der Waals surface area contributed by atoms with Crippen molar-refractivity contribution in [3.63, 3.8) is 0 Å². The maximum atomic E-state index is 5.68. The van der Waals surface area contributed by atoms with Gasteiger partial charge >= 0.3 is 0 Å². The number of fused-ring (bicyclic) bond motifs is 1. The van der Waals surface area contributed by atoms with Crippen molar-refractivity contribution in [1.82, 2.24) is 15.0 Å². The topological polar surface area (TPSA) is 92.8 Å². The molecular weight excluding hydrogens is 278 g/mol. The summed E-state index contributed by atoms with van der Waals surface area (Å²) in [6.45, 7) is 5.33. The second-order valence-corrected chi connectivity index (χ2v) is 5.27. The Bertz CT molecular complexity index is 761.